The van der Waals surface area contributed by atoms with Crippen molar-refractivity contribution < 1.29 is 4.79 Å². The van der Waals surface area contributed by atoms with Gasteiger partial charge in [0.05, 0.1) is 0 Å². The van der Waals surface area contributed by atoms with Gasteiger partial charge < -0.3 is 5.32 Å². The summed E-state index contributed by atoms with van der Waals surface area (Å²) in [4.78, 5) is 11.6. The Hall–Kier alpha value is -1.31. The van der Waals surface area contributed by atoms with Crippen molar-refractivity contribution in [1.82, 2.24) is 0 Å². The molecular weight excluding hydrogens is 222 g/mol. The number of carbonyl (C=O) groups excluding carboxylic acids is 1. The SMILES string of the molecule is CCCCCCCCCC(=O)Nc1[c]cccc1. The van der Waals surface area contributed by atoms with Crippen molar-refractivity contribution in [1.29, 1.82) is 0 Å². The van der Waals surface area contributed by atoms with E-state index in [1.165, 1.54) is 32.1 Å². The van der Waals surface area contributed by atoms with E-state index in [2.05, 4.69) is 18.3 Å². The van der Waals surface area contributed by atoms with Crippen molar-refractivity contribution >= 4 is 11.6 Å². The maximum atomic E-state index is 11.6. The minimum absolute atomic E-state index is 0.103. The van der Waals surface area contributed by atoms with E-state index in [-0.39, 0.29) is 5.91 Å². The van der Waals surface area contributed by atoms with Crippen molar-refractivity contribution in [3.8, 4) is 0 Å². The van der Waals surface area contributed by atoms with Crippen LogP contribution in [0, 0.1) is 6.07 Å². The Morgan fingerprint density at radius 2 is 1.83 bits per heavy atom. The maximum absolute atomic E-state index is 11.6. The molecule has 0 saturated carbocycles. The Bertz CT molecular complexity index is 321. The van der Waals surface area contributed by atoms with E-state index in [1.54, 1.807) is 0 Å². The zero-order valence-electron chi connectivity index (χ0n) is 11.4. The molecule has 1 aromatic carbocycles. The number of para-hydroxylation sites is 1. The van der Waals surface area contributed by atoms with Gasteiger partial charge in [0.1, 0.15) is 0 Å². The van der Waals surface area contributed by atoms with Gasteiger partial charge in [-0.25, -0.2) is 0 Å². The lowest BCUT2D eigenvalue weighted by Crippen LogP contribution is -2.10. The molecule has 0 aliphatic heterocycles. The largest absolute Gasteiger partial charge is 0.326 e. The minimum atomic E-state index is 0.103. The van der Waals surface area contributed by atoms with Gasteiger partial charge in [-0.15, -0.1) is 0 Å². The molecule has 0 spiro atoms. The van der Waals surface area contributed by atoms with Gasteiger partial charge in [0, 0.05) is 18.2 Å². The number of hydrogen-bond acceptors (Lipinski definition) is 1. The molecule has 0 fully saturated rings. The molecule has 0 aromatic heterocycles. The highest BCUT2D eigenvalue weighted by atomic mass is 16.1. The molecular formula is C16H24NO. The summed E-state index contributed by atoms with van der Waals surface area (Å²) in [7, 11) is 0. The molecule has 0 unspecified atom stereocenters. The minimum Gasteiger partial charge on any atom is -0.326 e. The van der Waals surface area contributed by atoms with E-state index in [4.69, 9.17) is 0 Å². The zero-order valence-corrected chi connectivity index (χ0v) is 11.4. The second-order valence-electron chi connectivity index (χ2n) is 4.70. The standard InChI is InChI=1S/C16H24NO/c1-2-3-4-5-6-7-11-14-16(18)17-15-12-9-8-10-13-15/h8-10,12H,2-7,11,14H2,1H3,(H,17,18). The first-order valence-corrected chi connectivity index (χ1v) is 7.09. The second kappa shape index (κ2) is 9.69. The quantitative estimate of drug-likeness (QED) is 0.635. The molecule has 0 heterocycles. The molecule has 99 valence electrons. The molecule has 0 atom stereocenters. The smallest absolute Gasteiger partial charge is 0.224 e. The number of hydrogen-bond donors (Lipinski definition) is 1. The van der Waals surface area contributed by atoms with Crippen LogP contribution >= 0.6 is 0 Å². The zero-order chi connectivity index (χ0) is 13.1. The summed E-state index contributed by atoms with van der Waals surface area (Å²) in [5, 5.41) is 2.86. The van der Waals surface area contributed by atoms with Crippen LogP contribution in [-0.4, -0.2) is 5.91 Å². The van der Waals surface area contributed by atoms with Crippen LogP contribution in [0.25, 0.3) is 0 Å². The summed E-state index contributed by atoms with van der Waals surface area (Å²) in [5.74, 6) is 0.103. The molecule has 1 aromatic rings. The molecule has 0 aliphatic carbocycles. The van der Waals surface area contributed by atoms with Crippen molar-refractivity contribution in [2.45, 2.75) is 58.3 Å². The molecule has 1 rings (SSSR count). The molecule has 1 amide bonds. The third-order valence-electron chi connectivity index (χ3n) is 2.99. The predicted octanol–water partition coefficient (Wildman–Crippen LogP) is 4.57. The van der Waals surface area contributed by atoms with Gasteiger partial charge in [-0.2, -0.15) is 0 Å². The second-order valence-corrected chi connectivity index (χ2v) is 4.70. The third-order valence-corrected chi connectivity index (χ3v) is 2.99. The topological polar surface area (TPSA) is 29.1 Å². The first kappa shape index (κ1) is 14.7. The molecule has 18 heavy (non-hydrogen) atoms. The Balaban J connectivity index is 2.00. The van der Waals surface area contributed by atoms with Crippen molar-refractivity contribution in [3.63, 3.8) is 0 Å². The number of benzene rings is 1. The monoisotopic (exact) mass is 246 g/mol. The van der Waals surface area contributed by atoms with Gasteiger partial charge >= 0.3 is 0 Å². The molecule has 1 N–H and O–H groups in total. The Kier molecular flexibility index (Phi) is 7.94. The summed E-state index contributed by atoms with van der Waals surface area (Å²) in [6.45, 7) is 2.23. The van der Waals surface area contributed by atoms with Crippen LogP contribution in [-0.2, 0) is 4.79 Å². The van der Waals surface area contributed by atoms with Crippen LogP contribution in [0.1, 0.15) is 58.3 Å². The van der Waals surface area contributed by atoms with E-state index in [9.17, 15) is 4.79 Å². The summed E-state index contributed by atoms with van der Waals surface area (Å²) in [6.07, 6.45) is 9.30. The number of amides is 1. The van der Waals surface area contributed by atoms with Gasteiger partial charge in [0.15, 0.2) is 0 Å². The van der Waals surface area contributed by atoms with Crippen LogP contribution in [0.2, 0.25) is 0 Å². The predicted molar refractivity (Wildman–Crippen MR) is 76.5 cm³/mol. The van der Waals surface area contributed by atoms with Crippen LogP contribution < -0.4 is 5.32 Å². The first-order valence-electron chi connectivity index (χ1n) is 7.09. The number of carbonyl (C=O) groups is 1. The van der Waals surface area contributed by atoms with Crippen molar-refractivity contribution in [3.05, 3.63) is 30.3 Å². The first-order chi connectivity index (χ1) is 8.83. The normalized spacial score (nSPS) is 10.3. The van der Waals surface area contributed by atoms with Crippen LogP contribution in [0.15, 0.2) is 24.3 Å². The van der Waals surface area contributed by atoms with E-state index in [1.807, 2.05) is 24.3 Å². The van der Waals surface area contributed by atoms with Crippen LogP contribution in [0.3, 0.4) is 0 Å². The Morgan fingerprint density at radius 3 is 2.50 bits per heavy atom. The summed E-state index contributed by atoms with van der Waals surface area (Å²) < 4.78 is 0. The van der Waals surface area contributed by atoms with Gasteiger partial charge in [-0.3, -0.25) is 4.79 Å². The summed E-state index contributed by atoms with van der Waals surface area (Å²) >= 11 is 0. The Labute approximate surface area is 111 Å². The van der Waals surface area contributed by atoms with Gasteiger partial charge in [-0.05, 0) is 12.5 Å². The molecule has 2 nitrogen and oxygen atoms in total. The van der Waals surface area contributed by atoms with Gasteiger partial charge in [0.2, 0.25) is 5.91 Å². The highest BCUT2D eigenvalue weighted by Crippen LogP contribution is 2.10. The lowest BCUT2D eigenvalue weighted by molar-refractivity contribution is -0.116. The molecule has 0 saturated heterocycles. The van der Waals surface area contributed by atoms with Crippen LogP contribution in [0.5, 0.6) is 0 Å². The van der Waals surface area contributed by atoms with Crippen molar-refractivity contribution in [2.24, 2.45) is 0 Å². The lowest BCUT2D eigenvalue weighted by Gasteiger charge is -2.04. The number of nitrogens with one attached hydrogen (secondary N) is 1. The molecule has 0 bridgehead atoms. The molecule has 0 aliphatic rings. The van der Waals surface area contributed by atoms with E-state index < -0.39 is 0 Å². The number of rotatable bonds is 9. The van der Waals surface area contributed by atoms with Crippen LogP contribution in [0.4, 0.5) is 5.69 Å². The highest BCUT2D eigenvalue weighted by Gasteiger charge is 2.01. The third kappa shape index (κ3) is 7.10. The molecule has 1 radical (unpaired) electrons. The average molecular weight is 246 g/mol. The fourth-order valence-electron chi connectivity index (χ4n) is 1.93. The lowest BCUT2D eigenvalue weighted by atomic mass is 10.1. The van der Waals surface area contributed by atoms with Gasteiger partial charge in [-0.1, -0.05) is 63.6 Å². The van der Waals surface area contributed by atoms with E-state index in [0.717, 1.165) is 18.5 Å². The summed E-state index contributed by atoms with van der Waals surface area (Å²) in [5.41, 5.74) is 0.769. The Morgan fingerprint density at radius 1 is 1.11 bits per heavy atom. The van der Waals surface area contributed by atoms with E-state index >= 15 is 0 Å². The number of unbranched alkanes of at least 4 members (excludes halogenated alkanes) is 6. The maximum Gasteiger partial charge on any atom is 0.224 e. The fraction of sp³-hybridized carbons (Fsp3) is 0.562. The molecule has 2 heteroatoms. The fourth-order valence-corrected chi connectivity index (χ4v) is 1.93. The number of anilines is 1. The summed E-state index contributed by atoms with van der Waals surface area (Å²) in [6, 6.07) is 10.5. The highest BCUT2D eigenvalue weighted by molar-refractivity contribution is 5.90. The van der Waals surface area contributed by atoms with E-state index in [0.29, 0.717) is 6.42 Å². The average Bonchev–Trinajstić information content (AvgIpc) is 2.39. The van der Waals surface area contributed by atoms with Crippen molar-refractivity contribution in [2.75, 3.05) is 5.32 Å². The van der Waals surface area contributed by atoms with Gasteiger partial charge in [0.25, 0.3) is 0 Å².